The average Bonchev–Trinajstić information content (AvgIpc) is 3.46. The van der Waals surface area contributed by atoms with Gasteiger partial charge in [-0.15, -0.1) is 0 Å². The maximum Gasteiger partial charge on any atom is 0.254 e. The molecule has 0 spiro atoms. The molecule has 7 nitrogen and oxygen atoms in total. The van der Waals surface area contributed by atoms with Crippen LogP contribution in [0.5, 0.6) is 0 Å². The van der Waals surface area contributed by atoms with Crippen LogP contribution in [0.15, 0.2) is 54.7 Å². The minimum Gasteiger partial charge on any atom is -0.368 e. The Morgan fingerprint density at radius 3 is 2.60 bits per heavy atom. The Morgan fingerprint density at radius 2 is 1.83 bits per heavy atom. The lowest BCUT2D eigenvalue weighted by molar-refractivity contribution is 0.0966. The number of para-hydroxylation sites is 1. The summed E-state index contributed by atoms with van der Waals surface area (Å²) in [6.45, 7) is 6.82. The second-order valence-electron chi connectivity index (χ2n) is 9.39. The summed E-state index contributed by atoms with van der Waals surface area (Å²) in [7, 11) is 2.16. The number of aromatic amines is 1. The van der Waals surface area contributed by atoms with Crippen LogP contribution in [0.3, 0.4) is 0 Å². The van der Waals surface area contributed by atoms with Gasteiger partial charge in [-0.3, -0.25) is 4.79 Å². The van der Waals surface area contributed by atoms with E-state index in [2.05, 4.69) is 74.7 Å². The molecule has 1 saturated heterocycles. The van der Waals surface area contributed by atoms with E-state index in [4.69, 9.17) is 0 Å². The van der Waals surface area contributed by atoms with E-state index in [1.807, 2.05) is 24.4 Å². The largest absolute Gasteiger partial charge is 0.368 e. The molecule has 1 fully saturated rings. The number of nitrogens with zero attached hydrogens (tertiary/aromatic N) is 3. The van der Waals surface area contributed by atoms with Gasteiger partial charge >= 0.3 is 0 Å². The molecule has 0 bridgehead atoms. The Hall–Kier alpha value is -3.84. The summed E-state index contributed by atoms with van der Waals surface area (Å²) in [6.07, 6.45) is 2.81. The fourth-order valence-electron chi connectivity index (χ4n) is 5.31. The number of hydrogen-bond donors (Lipinski definition) is 3. The number of piperazine rings is 1. The molecule has 0 radical (unpaired) electrons. The maximum absolute atomic E-state index is 12.9. The molecule has 2 aromatic carbocycles. The third-order valence-corrected chi connectivity index (χ3v) is 7.25. The number of carbonyl (C=O) groups is 1. The van der Waals surface area contributed by atoms with E-state index in [0.29, 0.717) is 12.1 Å². The number of nitrogens with one attached hydrogen (secondary N) is 3. The highest BCUT2D eigenvalue weighted by atomic mass is 16.1. The fraction of sp³-hybridized carbons (Fsp3) is 0.286. The molecule has 4 aromatic rings. The summed E-state index contributed by atoms with van der Waals surface area (Å²) in [5.74, 6) is 0.690. The monoisotopic (exact) mass is 466 g/mol. The molecule has 0 saturated carbocycles. The van der Waals surface area contributed by atoms with Gasteiger partial charge in [0, 0.05) is 54.9 Å². The lowest BCUT2D eigenvalue weighted by atomic mass is 9.93. The van der Waals surface area contributed by atoms with Crippen molar-refractivity contribution in [1.29, 1.82) is 0 Å². The zero-order valence-electron chi connectivity index (χ0n) is 20.2. The number of benzene rings is 2. The average molecular weight is 467 g/mol. The van der Waals surface area contributed by atoms with Gasteiger partial charge in [-0.25, -0.2) is 4.98 Å². The van der Waals surface area contributed by atoms with Gasteiger partial charge in [0.05, 0.1) is 23.1 Å². The van der Waals surface area contributed by atoms with E-state index < -0.39 is 0 Å². The SMILES string of the molecule is CCc1[nH]c2ccccc2c1-c1ccc(Nc2ccc(N3CCN(C)CC3)cn2)c2c1CNC2=O. The van der Waals surface area contributed by atoms with Crippen molar-refractivity contribution < 1.29 is 4.79 Å². The molecule has 4 heterocycles. The number of carbonyl (C=O) groups excluding carboxylic acids is 1. The number of pyridine rings is 1. The Morgan fingerprint density at radius 1 is 1.00 bits per heavy atom. The highest BCUT2D eigenvalue weighted by molar-refractivity contribution is 6.08. The number of rotatable bonds is 5. The van der Waals surface area contributed by atoms with Crippen LogP contribution in [0.1, 0.15) is 28.5 Å². The number of likely N-dealkylation sites (N-methyl/N-ethyl adjacent to an activating group) is 1. The molecule has 0 atom stereocenters. The normalized spacial score (nSPS) is 15.9. The summed E-state index contributed by atoms with van der Waals surface area (Å²) in [5.41, 5.74) is 8.28. The summed E-state index contributed by atoms with van der Waals surface area (Å²) < 4.78 is 0. The van der Waals surface area contributed by atoms with E-state index in [9.17, 15) is 4.79 Å². The Labute approximate surface area is 205 Å². The minimum atomic E-state index is -0.0451. The molecular formula is C28H30N6O. The highest BCUT2D eigenvalue weighted by Crippen LogP contribution is 2.40. The quantitative estimate of drug-likeness (QED) is 0.403. The topological polar surface area (TPSA) is 76.3 Å². The van der Waals surface area contributed by atoms with Crippen LogP contribution >= 0.6 is 0 Å². The van der Waals surface area contributed by atoms with Crippen molar-refractivity contribution in [2.75, 3.05) is 43.4 Å². The minimum absolute atomic E-state index is 0.0451. The number of anilines is 3. The van der Waals surface area contributed by atoms with Crippen molar-refractivity contribution in [3.63, 3.8) is 0 Å². The number of H-pyrrole nitrogens is 1. The third-order valence-electron chi connectivity index (χ3n) is 7.25. The first-order chi connectivity index (χ1) is 17.1. The van der Waals surface area contributed by atoms with Crippen molar-refractivity contribution in [3.05, 3.63) is 71.5 Å². The number of aryl methyl sites for hydroxylation is 1. The summed E-state index contributed by atoms with van der Waals surface area (Å²) in [5, 5.41) is 7.63. The standard InChI is InChI=1S/C28H30N6O/c1-3-22-26(20-6-4-5-7-23(20)31-22)19-9-10-24(27-21(19)17-30-28(27)35)32-25-11-8-18(16-29-25)34-14-12-33(2)13-15-34/h4-11,16,31H,3,12-15,17H2,1-2H3,(H,29,32)(H,30,35). The zero-order valence-corrected chi connectivity index (χ0v) is 20.2. The highest BCUT2D eigenvalue weighted by Gasteiger charge is 2.28. The molecule has 178 valence electrons. The van der Waals surface area contributed by atoms with Gasteiger partial charge in [-0.1, -0.05) is 31.2 Å². The number of hydrogen-bond acceptors (Lipinski definition) is 5. The molecule has 2 aliphatic heterocycles. The number of aromatic nitrogens is 2. The lowest BCUT2D eigenvalue weighted by Crippen LogP contribution is -2.44. The van der Waals surface area contributed by atoms with Gasteiger partial charge in [0.25, 0.3) is 5.91 Å². The van der Waals surface area contributed by atoms with Crippen LogP contribution in [-0.2, 0) is 13.0 Å². The molecule has 3 N–H and O–H groups in total. The van der Waals surface area contributed by atoms with Gasteiger partial charge in [-0.2, -0.15) is 0 Å². The Bertz CT molecular complexity index is 1400. The fourth-order valence-corrected chi connectivity index (χ4v) is 5.31. The lowest BCUT2D eigenvalue weighted by Gasteiger charge is -2.33. The molecule has 1 amide bonds. The molecule has 2 aliphatic rings. The van der Waals surface area contributed by atoms with Gasteiger partial charge in [0.15, 0.2) is 0 Å². The molecule has 35 heavy (non-hydrogen) atoms. The second kappa shape index (κ2) is 8.74. The van der Waals surface area contributed by atoms with E-state index in [1.165, 1.54) is 16.6 Å². The first-order valence-corrected chi connectivity index (χ1v) is 12.3. The van der Waals surface area contributed by atoms with Crippen LogP contribution in [0, 0.1) is 0 Å². The summed E-state index contributed by atoms with van der Waals surface area (Å²) >= 11 is 0. The smallest absolute Gasteiger partial charge is 0.254 e. The van der Waals surface area contributed by atoms with Gasteiger partial charge < -0.3 is 25.4 Å². The number of amides is 1. The van der Waals surface area contributed by atoms with Crippen LogP contribution in [0.25, 0.3) is 22.0 Å². The first kappa shape index (κ1) is 21.7. The van der Waals surface area contributed by atoms with Crippen LogP contribution < -0.4 is 15.5 Å². The molecule has 6 rings (SSSR count). The van der Waals surface area contributed by atoms with Crippen molar-refractivity contribution in [1.82, 2.24) is 20.2 Å². The number of fused-ring (bicyclic) bond motifs is 2. The molecular weight excluding hydrogens is 436 g/mol. The Kier molecular flexibility index (Phi) is 5.41. The molecule has 0 aliphatic carbocycles. The van der Waals surface area contributed by atoms with Gasteiger partial charge in [-0.05, 0) is 48.9 Å². The summed E-state index contributed by atoms with van der Waals surface area (Å²) in [4.78, 5) is 25.8. The molecule has 0 unspecified atom stereocenters. The first-order valence-electron chi connectivity index (χ1n) is 12.3. The van der Waals surface area contributed by atoms with E-state index in [-0.39, 0.29) is 5.91 Å². The van der Waals surface area contributed by atoms with Gasteiger partial charge in [0.1, 0.15) is 5.82 Å². The zero-order chi connectivity index (χ0) is 23.9. The van der Waals surface area contributed by atoms with Crippen LogP contribution in [0.2, 0.25) is 0 Å². The van der Waals surface area contributed by atoms with Crippen molar-refractivity contribution in [2.24, 2.45) is 0 Å². The third kappa shape index (κ3) is 3.82. The maximum atomic E-state index is 12.9. The van der Waals surface area contributed by atoms with Crippen molar-refractivity contribution >= 4 is 34.0 Å². The van der Waals surface area contributed by atoms with Crippen LogP contribution in [-0.4, -0.2) is 54.0 Å². The predicted molar refractivity (Wildman–Crippen MR) is 142 cm³/mol. The Balaban J connectivity index is 1.34. The molecule has 2 aromatic heterocycles. The van der Waals surface area contributed by atoms with Crippen molar-refractivity contribution in [2.45, 2.75) is 19.9 Å². The van der Waals surface area contributed by atoms with Crippen molar-refractivity contribution in [3.8, 4) is 11.1 Å². The molecule has 7 heteroatoms. The van der Waals surface area contributed by atoms with Gasteiger partial charge in [0.2, 0.25) is 0 Å². The summed E-state index contributed by atoms with van der Waals surface area (Å²) in [6, 6.07) is 16.6. The van der Waals surface area contributed by atoms with E-state index in [0.717, 1.165) is 66.4 Å². The second-order valence-corrected chi connectivity index (χ2v) is 9.39. The predicted octanol–water partition coefficient (Wildman–Crippen LogP) is 4.53. The van der Waals surface area contributed by atoms with E-state index >= 15 is 0 Å². The van der Waals surface area contributed by atoms with E-state index in [1.54, 1.807) is 0 Å². The van der Waals surface area contributed by atoms with Crippen LogP contribution in [0.4, 0.5) is 17.2 Å².